The van der Waals surface area contributed by atoms with E-state index in [1.54, 1.807) is 12.1 Å². The van der Waals surface area contributed by atoms with Crippen LogP contribution < -0.4 is 5.32 Å². The number of nitro groups is 1. The molecule has 0 unspecified atom stereocenters. The summed E-state index contributed by atoms with van der Waals surface area (Å²) in [6.45, 7) is 1.40. The Morgan fingerprint density at radius 2 is 2.22 bits per heavy atom. The Morgan fingerprint density at radius 1 is 1.44 bits per heavy atom. The number of ether oxygens (including phenoxy) is 1. The monoisotopic (exact) mass is 318 g/mol. The van der Waals surface area contributed by atoms with Crippen LogP contribution in [-0.2, 0) is 4.74 Å². The first-order valence-corrected chi connectivity index (χ1v) is 6.31. The number of anilines is 1. The number of nitro benzene ring substituents is 1. The average molecular weight is 319 g/mol. The van der Waals surface area contributed by atoms with E-state index in [0.29, 0.717) is 31.9 Å². The molecule has 0 aliphatic heterocycles. The Bertz CT molecular complexity index is 401. The van der Waals surface area contributed by atoms with E-state index >= 15 is 0 Å². The van der Waals surface area contributed by atoms with Gasteiger partial charge in [-0.1, -0.05) is 15.9 Å². The van der Waals surface area contributed by atoms with E-state index in [4.69, 9.17) is 9.84 Å². The third kappa shape index (κ3) is 4.99. The summed E-state index contributed by atoms with van der Waals surface area (Å²) in [5, 5.41) is 22.3. The van der Waals surface area contributed by atoms with E-state index in [2.05, 4.69) is 21.2 Å². The fourth-order valence-corrected chi connectivity index (χ4v) is 1.73. The first-order chi connectivity index (χ1) is 8.65. The number of aliphatic hydroxyl groups excluding tert-OH is 1. The molecule has 0 spiro atoms. The van der Waals surface area contributed by atoms with Crippen molar-refractivity contribution in [3.63, 3.8) is 0 Å². The summed E-state index contributed by atoms with van der Waals surface area (Å²) in [5.41, 5.74) is 0.533. The summed E-state index contributed by atoms with van der Waals surface area (Å²) in [4.78, 5) is 10.4. The van der Waals surface area contributed by atoms with Crippen LogP contribution in [0.5, 0.6) is 0 Å². The van der Waals surface area contributed by atoms with Crippen LogP contribution in [0.3, 0.4) is 0 Å². The van der Waals surface area contributed by atoms with Crippen molar-refractivity contribution in [2.24, 2.45) is 0 Å². The fraction of sp³-hybridized carbons (Fsp3) is 0.455. The molecular weight excluding hydrogens is 304 g/mol. The van der Waals surface area contributed by atoms with Crippen LogP contribution in [0.1, 0.15) is 6.42 Å². The van der Waals surface area contributed by atoms with Crippen LogP contribution in [-0.4, -0.2) is 36.4 Å². The fourth-order valence-electron chi connectivity index (χ4n) is 1.37. The van der Waals surface area contributed by atoms with E-state index in [1.165, 1.54) is 6.07 Å². The Morgan fingerprint density at radius 3 is 2.89 bits per heavy atom. The lowest BCUT2D eigenvalue weighted by Gasteiger charge is -2.07. The highest BCUT2D eigenvalue weighted by atomic mass is 79.9. The molecule has 100 valence electrons. The largest absolute Gasteiger partial charge is 0.394 e. The molecule has 0 fully saturated rings. The molecule has 0 radical (unpaired) electrons. The van der Waals surface area contributed by atoms with Gasteiger partial charge in [0.15, 0.2) is 0 Å². The van der Waals surface area contributed by atoms with Crippen molar-refractivity contribution in [3.05, 3.63) is 32.8 Å². The van der Waals surface area contributed by atoms with Gasteiger partial charge in [-0.3, -0.25) is 10.1 Å². The maximum absolute atomic E-state index is 10.8. The van der Waals surface area contributed by atoms with E-state index in [1.807, 2.05) is 0 Å². The van der Waals surface area contributed by atoms with E-state index in [9.17, 15) is 10.1 Å². The van der Waals surface area contributed by atoms with Crippen molar-refractivity contribution < 1.29 is 14.8 Å². The Labute approximate surface area is 113 Å². The molecular formula is C11H15BrN2O4. The zero-order valence-electron chi connectivity index (χ0n) is 9.76. The number of halogens is 1. The molecule has 1 aromatic carbocycles. The molecule has 0 aliphatic carbocycles. The Balaban J connectivity index is 2.45. The summed E-state index contributed by atoms with van der Waals surface area (Å²) in [7, 11) is 0. The van der Waals surface area contributed by atoms with Gasteiger partial charge in [-0.05, 0) is 18.6 Å². The van der Waals surface area contributed by atoms with Gasteiger partial charge in [0, 0.05) is 23.7 Å². The van der Waals surface area contributed by atoms with E-state index in [0.717, 1.165) is 4.47 Å². The summed E-state index contributed by atoms with van der Waals surface area (Å²) < 4.78 is 5.87. The number of benzene rings is 1. The van der Waals surface area contributed by atoms with Gasteiger partial charge in [-0.15, -0.1) is 0 Å². The normalized spacial score (nSPS) is 10.3. The van der Waals surface area contributed by atoms with Crippen LogP contribution in [0.4, 0.5) is 11.4 Å². The third-order valence-corrected chi connectivity index (χ3v) is 2.67. The highest BCUT2D eigenvalue weighted by Crippen LogP contribution is 2.27. The van der Waals surface area contributed by atoms with Gasteiger partial charge in [0.05, 0.1) is 18.1 Å². The molecule has 0 saturated heterocycles. The van der Waals surface area contributed by atoms with Crippen molar-refractivity contribution in [2.45, 2.75) is 6.42 Å². The number of hydrogen-bond acceptors (Lipinski definition) is 5. The van der Waals surface area contributed by atoms with Gasteiger partial charge in [0.2, 0.25) is 0 Å². The first kappa shape index (κ1) is 14.9. The van der Waals surface area contributed by atoms with Crippen molar-refractivity contribution in [3.8, 4) is 0 Å². The number of aliphatic hydroxyl groups is 1. The molecule has 0 saturated carbocycles. The van der Waals surface area contributed by atoms with Gasteiger partial charge >= 0.3 is 0 Å². The van der Waals surface area contributed by atoms with Crippen LogP contribution in [0.15, 0.2) is 22.7 Å². The molecule has 7 heteroatoms. The van der Waals surface area contributed by atoms with Crippen LogP contribution >= 0.6 is 15.9 Å². The maximum atomic E-state index is 10.8. The second-order valence-corrected chi connectivity index (χ2v) is 4.45. The van der Waals surface area contributed by atoms with Gasteiger partial charge in [0.25, 0.3) is 5.69 Å². The van der Waals surface area contributed by atoms with Gasteiger partial charge in [-0.25, -0.2) is 0 Å². The summed E-state index contributed by atoms with van der Waals surface area (Å²) in [6.07, 6.45) is 0.712. The quantitative estimate of drug-likeness (QED) is 0.436. The van der Waals surface area contributed by atoms with Crippen LogP contribution in [0.25, 0.3) is 0 Å². The highest BCUT2D eigenvalue weighted by molar-refractivity contribution is 9.10. The molecule has 0 aliphatic rings. The molecule has 0 heterocycles. The number of nitrogens with zero attached hydrogens (tertiary/aromatic N) is 1. The third-order valence-electron chi connectivity index (χ3n) is 2.17. The van der Waals surface area contributed by atoms with Crippen molar-refractivity contribution in [1.82, 2.24) is 0 Å². The molecule has 6 nitrogen and oxygen atoms in total. The van der Waals surface area contributed by atoms with Crippen LogP contribution in [0, 0.1) is 10.1 Å². The molecule has 0 bridgehead atoms. The molecule has 1 rings (SSSR count). The molecule has 2 N–H and O–H groups in total. The lowest BCUT2D eigenvalue weighted by Crippen LogP contribution is -2.08. The predicted octanol–water partition coefficient (Wildman–Crippen LogP) is 2.17. The van der Waals surface area contributed by atoms with E-state index in [-0.39, 0.29) is 12.3 Å². The smallest absolute Gasteiger partial charge is 0.292 e. The number of nitrogens with one attached hydrogen (secondary N) is 1. The first-order valence-electron chi connectivity index (χ1n) is 5.51. The molecule has 0 amide bonds. The lowest BCUT2D eigenvalue weighted by molar-refractivity contribution is -0.384. The van der Waals surface area contributed by atoms with Crippen molar-refractivity contribution in [1.29, 1.82) is 0 Å². The second kappa shape index (κ2) is 8.02. The van der Waals surface area contributed by atoms with Crippen molar-refractivity contribution >= 4 is 27.3 Å². The number of hydrogen-bond donors (Lipinski definition) is 2. The SMILES string of the molecule is O=[N+]([O-])c1ccc(Br)cc1NCCCOCCO. The molecule has 0 atom stereocenters. The zero-order chi connectivity index (χ0) is 13.4. The summed E-state index contributed by atoms with van der Waals surface area (Å²) in [5.74, 6) is 0. The van der Waals surface area contributed by atoms with Crippen LogP contribution in [0.2, 0.25) is 0 Å². The number of rotatable bonds is 8. The minimum atomic E-state index is -0.420. The highest BCUT2D eigenvalue weighted by Gasteiger charge is 2.12. The molecule has 0 aromatic heterocycles. The van der Waals surface area contributed by atoms with Gasteiger partial charge < -0.3 is 15.2 Å². The minimum Gasteiger partial charge on any atom is -0.394 e. The zero-order valence-corrected chi connectivity index (χ0v) is 11.4. The lowest BCUT2D eigenvalue weighted by atomic mass is 10.2. The second-order valence-electron chi connectivity index (χ2n) is 3.53. The summed E-state index contributed by atoms with van der Waals surface area (Å²) >= 11 is 3.27. The van der Waals surface area contributed by atoms with Gasteiger partial charge in [0.1, 0.15) is 5.69 Å². The van der Waals surface area contributed by atoms with Gasteiger partial charge in [-0.2, -0.15) is 0 Å². The molecule has 18 heavy (non-hydrogen) atoms. The van der Waals surface area contributed by atoms with Crippen molar-refractivity contribution in [2.75, 3.05) is 31.7 Å². The standard InChI is InChI=1S/C11H15BrN2O4/c12-9-2-3-11(14(16)17)10(8-9)13-4-1-6-18-7-5-15/h2-3,8,13,15H,1,4-7H2. The topological polar surface area (TPSA) is 84.6 Å². The minimum absolute atomic E-state index is 0.00450. The summed E-state index contributed by atoms with van der Waals surface area (Å²) in [6, 6.07) is 4.76. The van der Waals surface area contributed by atoms with E-state index < -0.39 is 4.92 Å². The molecule has 1 aromatic rings. The average Bonchev–Trinajstić information content (AvgIpc) is 2.33. The Hall–Kier alpha value is -1.18. The maximum Gasteiger partial charge on any atom is 0.292 e. The predicted molar refractivity (Wildman–Crippen MR) is 71.8 cm³/mol. The Kier molecular flexibility index (Phi) is 6.63.